The van der Waals surface area contributed by atoms with Crippen LogP contribution < -0.4 is 0 Å². The number of nitrogens with zero attached hydrogens (tertiary/aromatic N) is 4. The van der Waals surface area contributed by atoms with Crippen molar-refractivity contribution >= 4 is 11.3 Å². The molecule has 0 unspecified atom stereocenters. The van der Waals surface area contributed by atoms with Crippen molar-refractivity contribution < 1.29 is 9.63 Å². The highest BCUT2D eigenvalue weighted by Gasteiger charge is 2.34. The maximum atomic E-state index is 10.1. The van der Waals surface area contributed by atoms with Crippen LogP contribution in [0.1, 0.15) is 38.1 Å². The Bertz CT molecular complexity index is 651. The summed E-state index contributed by atoms with van der Waals surface area (Å²) in [5.41, 5.74) is 0. The molecule has 0 bridgehead atoms. The Kier molecular flexibility index (Phi) is 4.67. The van der Waals surface area contributed by atoms with Gasteiger partial charge < -0.3 is 9.63 Å². The SMILES string of the molecule is C[C@H](c1nc(-c2cccs2)no1)N1CCN([C@H]2CCC[C@H]2O)CC1. The van der Waals surface area contributed by atoms with E-state index in [1.165, 1.54) is 0 Å². The zero-order valence-corrected chi connectivity index (χ0v) is 14.8. The quantitative estimate of drug-likeness (QED) is 0.915. The van der Waals surface area contributed by atoms with E-state index in [1.807, 2.05) is 17.5 Å². The van der Waals surface area contributed by atoms with E-state index in [9.17, 15) is 5.11 Å². The number of thiophene rings is 1. The lowest BCUT2D eigenvalue weighted by molar-refractivity contribution is 0.0213. The van der Waals surface area contributed by atoms with Gasteiger partial charge in [-0.25, -0.2) is 0 Å². The van der Waals surface area contributed by atoms with Gasteiger partial charge in [0.1, 0.15) is 0 Å². The molecule has 1 saturated heterocycles. The van der Waals surface area contributed by atoms with Crippen LogP contribution in [0.25, 0.3) is 10.7 Å². The molecule has 7 heteroatoms. The molecule has 1 aliphatic heterocycles. The van der Waals surface area contributed by atoms with Crippen molar-refractivity contribution in [1.29, 1.82) is 0 Å². The second-order valence-electron chi connectivity index (χ2n) is 6.75. The van der Waals surface area contributed by atoms with Gasteiger partial charge >= 0.3 is 0 Å². The van der Waals surface area contributed by atoms with Crippen molar-refractivity contribution in [1.82, 2.24) is 19.9 Å². The molecule has 4 rings (SSSR count). The highest BCUT2D eigenvalue weighted by molar-refractivity contribution is 7.13. The van der Waals surface area contributed by atoms with Gasteiger partial charge in [0.25, 0.3) is 0 Å². The first kappa shape index (κ1) is 16.2. The molecule has 0 spiro atoms. The van der Waals surface area contributed by atoms with Crippen LogP contribution in [0.5, 0.6) is 0 Å². The summed E-state index contributed by atoms with van der Waals surface area (Å²) in [7, 11) is 0. The van der Waals surface area contributed by atoms with Crippen LogP contribution in [-0.4, -0.2) is 63.4 Å². The smallest absolute Gasteiger partial charge is 0.244 e. The molecule has 1 N–H and O–H groups in total. The van der Waals surface area contributed by atoms with Crippen LogP contribution in [0.15, 0.2) is 22.0 Å². The number of hydrogen-bond acceptors (Lipinski definition) is 7. The molecular weight excluding hydrogens is 324 g/mol. The summed E-state index contributed by atoms with van der Waals surface area (Å²) in [6.45, 7) is 6.07. The van der Waals surface area contributed by atoms with Gasteiger partial charge in [-0.15, -0.1) is 11.3 Å². The average molecular weight is 348 g/mol. The van der Waals surface area contributed by atoms with Crippen LogP contribution in [0.2, 0.25) is 0 Å². The summed E-state index contributed by atoms with van der Waals surface area (Å²) in [5, 5.41) is 16.2. The van der Waals surface area contributed by atoms with Crippen LogP contribution in [0.3, 0.4) is 0 Å². The zero-order chi connectivity index (χ0) is 16.5. The molecule has 0 amide bonds. The highest BCUT2D eigenvalue weighted by Crippen LogP contribution is 2.28. The van der Waals surface area contributed by atoms with E-state index in [0.29, 0.717) is 17.8 Å². The van der Waals surface area contributed by atoms with Crippen LogP contribution >= 0.6 is 11.3 Å². The largest absolute Gasteiger partial charge is 0.391 e. The third-order valence-corrected chi connectivity index (χ3v) is 6.22. The number of aliphatic hydroxyl groups is 1. The Morgan fingerprint density at radius 2 is 2.12 bits per heavy atom. The third-order valence-electron chi connectivity index (χ3n) is 5.35. The van der Waals surface area contributed by atoms with Gasteiger partial charge in [-0.1, -0.05) is 11.2 Å². The van der Waals surface area contributed by atoms with E-state index >= 15 is 0 Å². The van der Waals surface area contributed by atoms with Crippen molar-refractivity contribution in [3.8, 4) is 10.7 Å². The predicted octanol–water partition coefficient (Wildman–Crippen LogP) is 2.39. The maximum Gasteiger partial charge on any atom is 0.244 e. The normalized spacial score (nSPS) is 27.6. The Morgan fingerprint density at radius 1 is 1.29 bits per heavy atom. The Hall–Kier alpha value is -1.28. The van der Waals surface area contributed by atoms with Crippen molar-refractivity contribution in [3.63, 3.8) is 0 Å². The Labute approximate surface area is 146 Å². The fourth-order valence-electron chi connectivity index (χ4n) is 3.87. The standard InChI is InChI=1S/C17H24N4O2S/c1-12(17-18-16(19-23-17)15-6-3-11-24-15)20-7-9-21(10-8-20)13-4-2-5-14(13)22/h3,6,11-14,22H,2,4-5,7-10H2,1H3/t12-,13+,14-/m1/s1. The van der Waals surface area contributed by atoms with E-state index in [1.54, 1.807) is 11.3 Å². The summed E-state index contributed by atoms with van der Waals surface area (Å²) >= 11 is 1.62. The summed E-state index contributed by atoms with van der Waals surface area (Å²) < 4.78 is 5.50. The molecule has 2 aliphatic rings. The van der Waals surface area contributed by atoms with Gasteiger partial charge in [-0.2, -0.15) is 4.98 Å². The molecule has 1 aliphatic carbocycles. The molecule has 0 aromatic carbocycles. The molecule has 1 saturated carbocycles. The lowest BCUT2D eigenvalue weighted by Gasteiger charge is -2.40. The Balaban J connectivity index is 1.37. The first-order valence-electron chi connectivity index (χ1n) is 8.76. The minimum atomic E-state index is -0.140. The third kappa shape index (κ3) is 3.13. The molecular formula is C17H24N4O2S. The monoisotopic (exact) mass is 348 g/mol. The first-order valence-corrected chi connectivity index (χ1v) is 9.64. The van der Waals surface area contributed by atoms with Gasteiger partial charge in [-0.3, -0.25) is 9.80 Å². The first-order chi connectivity index (χ1) is 11.7. The lowest BCUT2D eigenvalue weighted by atomic mass is 10.1. The summed E-state index contributed by atoms with van der Waals surface area (Å²) in [6, 6.07) is 4.49. The van der Waals surface area contributed by atoms with E-state index in [-0.39, 0.29) is 12.1 Å². The van der Waals surface area contributed by atoms with E-state index in [4.69, 9.17) is 4.52 Å². The fraction of sp³-hybridized carbons (Fsp3) is 0.647. The van der Waals surface area contributed by atoms with Gasteiger partial charge in [0.2, 0.25) is 11.7 Å². The number of hydrogen-bond donors (Lipinski definition) is 1. The highest BCUT2D eigenvalue weighted by atomic mass is 32.1. The molecule has 2 aromatic heterocycles. The number of piperazine rings is 1. The van der Waals surface area contributed by atoms with E-state index in [2.05, 4.69) is 26.9 Å². The molecule has 3 heterocycles. The summed E-state index contributed by atoms with van der Waals surface area (Å²) in [4.78, 5) is 10.5. The van der Waals surface area contributed by atoms with E-state index < -0.39 is 0 Å². The van der Waals surface area contributed by atoms with Crippen LogP contribution in [0, 0.1) is 0 Å². The van der Waals surface area contributed by atoms with Gasteiger partial charge in [-0.05, 0) is 37.6 Å². The fourth-order valence-corrected chi connectivity index (χ4v) is 4.52. The van der Waals surface area contributed by atoms with Gasteiger partial charge in [0, 0.05) is 32.2 Å². The minimum absolute atomic E-state index is 0.127. The predicted molar refractivity (Wildman–Crippen MR) is 92.8 cm³/mol. The van der Waals surface area contributed by atoms with Crippen LogP contribution in [0.4, 0.5) is 0 Å². The van der Waals surface area contributed by atoms with Crippen molar-refractivity contribution in [2.24, 2.45) is 0 Å². The van der Waals surface area contributed by atoms with Crippen molar-refractivity contribution in [2.45, 2.75) is 44.4 Å². The van der Waals surface area contributed by atoms with Gasteiger partial charge in [0.15, 0.2) is 0 Å². The van der Waals surface area contributed by atoms with Crippen molar-refractivity contribution in [2.75, 3.05) is 26.2 Å². The zero-order valence-electron chi connectivity index (χ0n) is 14.0. The van der Waals surface area contributed by atoms with Crippen molar-refractivity contribution in [3.05, 3.63) is 23.4 Å². The van der Waals surface area contributed by atoms with Crippen LogP contribution in [-0.2, 0) is 0 Å². The average Bonchev–Trinajstić information content (AvgIpc) is 3.35. The molecule has 0 radical (unpaired) electrons. The second-order valence-corrected chi connectivity index (χ2v) is 7.69. The second kappa shape index (κ2) is 6.92. The molecule has 130 valence electrons. The molecule has 24 heavy (non-hydrogen) atoms. The number of aliphatic hydroxyl groups excluding tert-OH is 1. The van der Waals surface area contributed by atoms with Gasteiger partial charge in [0.05, 0.1) is 17.0 Å². The Morgan fingerprint density at radius 3 is 2.79 bits per heavy atom. The summed E-state index contributed by atoms with van der Waals surface area (Å²) in [6.07, 6.45) is 3.09. The maximum absolute atomic E-state index is 10.1. The molecule has 6 nitrogen and oxygen atoms in total. The number of aromatic nitrogens is 2. The molecule has 2 fully saturated rings. The summed E-state index contributed by atoms with van der Waals surface area (Å²) in [5.74, 6) is 1.37. The minimum Gasteiger partial charge on any atom is -0.391 e. The molecule has 2 aromatic rings. The topological polar surface area (TPSA) is 65.6 Å². The molecule has 3 atom stereocenters. The number of rotatable bonds is 4. The van der Waals surface area contributed by atoms with E-state index in [0.717, 1.165) is 50.3 Å². The lowest BCUT2D eigenvalue weighted by Crippen LogP contribution is -2.52.